The topological polar surface area (TPSA) is 29.1 Å². The van der Waals surface area contributed by atoms with Crippen LogP contribution in [0, 0.1) is 0 Å². The van der Waals surface area contributed by atoms with Gasteiger partial charge in [-0.15, -0.1) is 0 Å². The van der Waals surface area contributed by atoms with Crippen molar-refractivity contribution in [2.75, 3.05) is 7.05 Å². The van der Waals surface area contributed by atoms with Crippen molar-refractivity contribution < 1.29 is 4.79 Å². The Morgan fingerprint density at radius 3 is 1.89 bits per heavy atom. The Hall–Kier alpha value is -2.09. The monoisotopic (exact) mass is 239 g/mol. The maximum Gasteiger partial charge on any atom is 0.251 e. The summed E-state index contributed by atoms with van der Waals surface area (Å²) < 4.78 is 0. The number of aryl methyl sites for hydroxylation is 1. The van der Waals surface area contributed by atoms with Crippen LogP contribution in [0.15, 0.2) is 48.5 Å². The van der Waals surface area contributed by atoms with Gasteiger partial charge in [-0.3, -0.25) is 4.79 Å². The molecule has 2 nitrogen and oxygen atoms in total. The highest BCUT2D eigenvalue weighted by atomic mass is 16.1. The number of benzene rings is 2. The van der Waals surface area contributed by atoms with Crippen molar-refractivity contribution in [1.82, 2.24) is 5.32 Å². The van der Waals surface area contributed by atoms with E-state index in [1.54, 1.807) is 7.05 Å². The molecule has 2 rings (SSSR count). The first-order chi connectivity index (χ1) is 8.74. The maximum atomic E-state index is 11.4. The Morgan fingerprint density at radius 1 is 0.944 bits per heavy atom. The highest BCUT2D eigenvalue weighted by molar-refractivity contribution is 5.94. The second-order valence-corrected chi connectivity index (χ2v) is 4.21. The van der Waals surface area contributed by atoms with Crippen LogP contribution in [0.4, 0.5) is 0 Å². The second-order valence-electron chi connectivity index (χ2n) is 4.21. The zero-order valence-electron chi connectivity index (χ0n) is 10.7. The summed E-state index contributed by atoms with van der Waals surface area (Å²) in [5.74, 6) is -0.0529. The van der Waals surface area contributed by atoms with Gasteiger partial charge in [0.15, 0.2) is 0 Å². The zero-order chi connectivity index (χ0) is 13.0. The van der Waals surface area contributed by atoms with Crippen LogP contribution in [0.3, 0.4) is 0 Å². The van der Waals surface area contributed by atoms with Crippen LogP contribution in [0.1, 0.15) is 22.8 Å². The third kappa shape index (κ3) is 2.59. The summed E-state index contributed by atoms with van der Waals surface area (Å²) in [5.41, 5.74) is 4.33. The molecular formula is C16H17NO. The molecule has 0 aromatic heterocycles. The van der Waals surface area contributed by atoms with Crippen molar-refractivity contribution in [3.05, 3.63) is 59.7 Å². The molecule has 0 heterocycles. The highest BCUT2D eigenvalue weighted by Gasteiger charge is 2.03. The van der Waals surface area contributed by atoms with Crippen molar-refractivity contribution in [3.8, 4) is 11.1 Å². The summed E-state index contributed by atoms with van der Waals surface area (Å²) >= 11 is 0. The van der Waals surface area contributed by atoms with Crippen LogP contribution < -0.4 is 5.32 Å². The summed E-state index contributed by atoms with van der Waals surface area (Å²) in [6.07, 6.45) is 1.05. The zero-order valence-corrected chi connectivity index (χ0v) is 10.7. The molecule has 0 spiro atoms. The van der Waals surface area contributed by atoms with Gasteiger partial charge < -0.3 is 5.32 Å². The van der Waals surface area contributed by atoms with Gasteiger partial charge >= 0.3 is 0 Å². The molecule has 0 unspecified atom stereocenters. The van der Waals surface area contributed by atoms with Gasteiger partial charge in [-0.25, -0.2) is 0 Å². The Bertz CT molecular complexity index is 526. The van der Waals surface area contributed by atoms with Crippen LogP contribution in [-0.4, -0.2) is 13.0 Å². The van der Waals surface area contributed by atoms with Crippen LogP contribution in [0.2, 0.25) is 0 Å². The van der Waals surface area contributed by atoms with Gasteiger partial charge in [-0.1, -0.05) is 43.3 Å². The Balaban J connectivity index is 2.25. The molecule has 0 radical (unpaired) electrons. The molecule has 0 aliphatic heterocycles. The van der Waals surface area contributed by atoms with Gasteiger partial charge in [0.25, 0.3) is 5.91 Å². The van der Waals surface area contributed by atoms with Crippen molar-refractivity contribution in [2.24, 2.45) is 0 Å². The molecule has 92 valence electrons. The molecule has 0 saturated heterocycles. The molecule has 1 N–H and O–H groups in total. The van der Waals surface area contributed by atoms with E-state index in [0.29, 0.717) is 5.56 Å². The van der Waals surface area contributed by atoms with E-state index in [9.17, 15) is 4.79 Å². The first kappa shape index (κ1) is 12.4. The van der Waals surface area contributed by atoms with E-state index >= 15 is 0 Å². The van der Waals surface area contributed by atoms with Crippen molar-refractivity contribution in [1.29, 1.82) is 0 Å². The first-order valence-corrected chi connectivity index (χ1v) is 6.16. The molecule has 0 fully saturated rings. The summed E-state index contributed by atoms with van der Waals surface area (Å²) in [4.78, 5) is 11.4. The van der Waals surface area contributed by atoms with Gasteiger partial charge in [0, 0.05) is 12.6 Å². The largest absolute Gasteiger partial charge is 0.355 e. The number of carbonyl (C=O) groups is 1. The Labute approximate surface area is 108 Å². The first-order valence-electron chi connectivity index (χ1n) is 6.16. The lowest BCUT2D eigenvalue weighted by Crippen LogP contribution is -2.17. The molecule has 0 saturated carbocycles. The average Bonchev–Trinajstić information content (AvgIpc) is 2.47. The summed E-state index contributed by atoms with van der Waals surface area (Å²) in [6.45, 7) is 2.15. The summed E-state index contributed by atoms with van der Waals surface area (Å²) in [5, 5.41) is 2.62. The smallest absolute Gasteiger partial charge is 0.251 e. The van der Waals surface area contributed by atoms with E-state index in [-0.39, 0.29) is 5.91 Å². The molecule has 18 heavy (non-hydrogen) atoms. The molecule has 2 aromatic rings. The summed E-state index contributed by atoms with van der Waals surface area (Å²) in [6, 6.07) is 16.2. The normalized spacial score (nSPS) is 10.1. The van der Waals surface area contributed by atoms with E-state index in [4.69, 9.17) is 0 Å². The number of hydrogen-bond donors (Lipinski definition) is 1. The lowest BCUT2D eigenvalue weighted by molar-refractivity contribution is 0.0963. The molecule has 0 aliphatic carbocycles. The minimum atomic E-state index is -0.0529. The molecule has 2 heteroatoms. The number of amides is 1. The van der Waals surface area contributed by atoms with Gasteiger partial charge in [0.1, 0.15) is 0 Å². The fourth-order valence-corrected chi connectivity index (χ4v) is 1.89. The SMILES string of the molecule is CCc1ccc(-c2ccc(C(=O)NC)cc2)cc1. The van der Waals surface area contributed by atoms with Gasteiger partial charge in [0.05, 0.1) is 0 Å². The number of carbonyl (C=O) groups excluding carboxylic acids is 1. The Kier molecular flexibility index (Phi) is 3.78. The lowest BCUT2D eigenvalue weighted by atomic mass is 10.0. The molecule has 0 bridgehead atoms. The van der Waals surface area contributed by atoms with Gasteiger partial charge in [-0.2, -0.15) is 0 Å². The third-order valence-corrected chi connectivity index (χ3v) is 3.07. The molecule has 1 amide bonds. The maximum absolute atomic E-state index is 11.4. The highest BCUT2D eigenvalue weighted by Crippen LogP contribution is 2.20. The second kappa shape index (κ2) is 5.50. The van der Waals surface area contributed by atoms with E-state index in [1.807, 2.05) is 24.3 Å². The molecule has 2 aromatic carbocycles. The number of rotatable bonds is 3. The van der Waals surface area contributed by atoms with Crippen LogP contribution in [0.5, 0.6) is 0 Å². The predicted molar refractivity (Wildman–Crippen MR) is 74.6 cm³/mol. The fraction of sp³-hybridized carbons (Fsp3) is 0.188. The molecular weight excluding hydrogens is 222 g/mol. The van der Waals surface area contributed by atoms with E-state index in [2.05, 4.69) is 36.5 Å². The van der Waals surface area contributed by atoms with Gasteiger partial charge in [-0.05, 0) is 35.2 Å². The molecule has 0 aliphatic rings. The van der Waals surface area contributed by atoms with Crippen molar-refractivity contribution >= 4 is 5.91 Å². The fourth-order valence-electron chi connectivity index (χ4n) is 1.89. The van der Waals surface area contributed by atoms with E-state index < -0.39 is 0 Å². The summed E-state index contributed by atoms with van der Waals surface area (Å²) in [7, 11) is 1.64. The molecule has 0 atom stereocenters. The van der Waals surface area contributed by atoms with E-state index in [0.717, 1.165) is 12.0 Å². The average molecular weight is 239 g/mol. The van der Waals surface area contributed by atoms with Crippen LogP contribution in [0.25, 0.3) is 11.1 Å². The standard InChI is InChI=1S/C16H17NO/c1-3-12-4-6-13(7-5-12)14-8-10-15(11-9-14)16(18)17-2/h4-11H,3H2,1-2H3,(H,17,18). The van der Waals surface area contributed by atoms with Crippen molar-refractivity contribution in [3.63, 3.8) is 0 Å². The minimum Gasteiger partial charge on any atom is -0.355 e. The van der Waals surface area contributed by atoms with E-state index in [1.165, 1.54) is 11.1 Å². The van der Waals surface area contributed by atoms with Gasteiger partial charge in [0.2, 0.25) is 0 Å². The predicted octanol–water partition coefficient (Wildman–Crippen LogP) is 3.28. The number of nitrogens with one attached hydrogen (secondary N) is 1. The minimum absolute atomic E-state index is 0.0529. The quantitative estimate of drug-likeness (QED) is 0.875. The van der Waals surface area contributed by atoms with Crippen LogP contribution >= 0.6 is 0 Å². The lowest BCUT2D eigenvalue weighted by Gasteiger charge is -2.05. The van der Waals surface area contributed by atoms with Crippen molar-refractivity contribution in [2.45, 2.75) is 13.3 Å². The number of hydrogen-bond acceptors (Lipinski definition) is 1. The Morgan fingerprint density at radius 2 is 1.44 bits per heavy atom. The third-order valence-electron chi connectivity index (χ3n) is 3.07. The van der Waals surface area contributed by atoms with Crippen LogP contribution in [-0.2, 0) is 6.42 Å².